The van der Waals surface area contributed by atoms with Gasteiger partial charge in [-0.2, -0.15) is 5.10 Å². The number of carbonyl (C=O) groups excluding carboxylic acids is 2. The van der Waals surface area contributed by atoms with Crippen molar-refractivity contribution in [2.45, 2.75) is 13.3 Å². The lowest BCUT2D eigenvalue weighted by molar-refractivity contribution is -0.114. The van der Waals surface area contributed by atoms with Gasteiger partial charge in [0.15, 0.2) is 5.82 Å². The highest BCUT2D eigenvalue weighted by atomic mass is 35.5. The molecule has 8 heteroatoms. The fraction of sp³-hybridized carbons (Fsp3) is 0.261. The van der Waals surface area contributed by atoms with E-state index in [0.29, 0.717) is 35.9 Å². The van der Waals surface area contributed by atoms with Gasteiger partial charge in [0.25, 0.3) is 5.91 Å². The van der Waals surface area contributed by atoms with Gasteiger partial charge in [-0.15, -0.1) is 0 Å². The number of benzene rings is 2. The third-order valence-electron chi connectivity index (χ3n) is 5.28. The van der Waals surface area contributed by atoms with Crippen LogP contribution in [0.25, 0.3) is 11.3 Å². The molecule has 1 aliphatic rings. The fourth-order valence-electron chi connectivity index (χ4n) is 3.68. The minimum atomic E-state index is -0.135. The van der Waals surface area contributed by atoms with Crippen LogP contribution in [0.3, 0.4) is 0 Å². The summed E-state index contributed by atoms with van der Waals surface area (Å²) in [5.74, 6) is 0.739. The summed E-state index contributed by atoms with van der Waals surface area (Å²) < 4.78 is 0. The van der Waals surface area contributed by atoms with E-state index in [-0.39, 0.29) is 11.8 Å². The average Bonchev–Trinajstić information content (AvgIpc) is 3.12. The number of halogens is 1. The largest absolute Gasteiger partial charge is 0.353 e. The molecule has 0 saturated carbocycles. The Labute approximate surface area is 186 Å². The summed E-state index contributed by atoms with van der Waals surface area (Å²) in [6, 6.07) is 16.7. The second-order valence-electron chi connectivity index (χ2n) is 7.54. The number of nitrogens with one attached hydrogen (secondary N) is 2. The Kier molecular flexibility index (Phi) is 6.23. The van der Waals surface area contributed by atoms with Crippen molar-refractivity contribution in [1.29, 1.82) is 0 Å². The maximum Gasteiger partial charge on any atom is 0.253 e. The number of amides is 2. The van der Waals surface area contributed by atoms with Crippen LogP contribution >= 0.6 is 11.6 Å². The van der Waals surface area contributed by atoms with Crippen LogP contribution in [-0.4, -0.2) is 53.1 Å². The van der Waals surface area contributed by atoms with Crippen LogP contribution in [0.5, 0.6) is 0 Å². The van der Waals surface area contributed by atoms with Crippen molar-refractivity contribution in [2.75, 3.05) is 36.4 Å². The van der Waals surface area contributed by atoms with Crippen LogP contribution in [0.4, 0.5) is 11.5 Å². The van der Waals surface area contributed by atoms with E-state index in [1.807, 2.05) is 35.2 Å². The summed E-state index contributed by atoms with van der Waals surface area (Å²) in [6.45, 7) is 4.31. The van der Waals surface area contributed by atoms with Crippen LogP contribution in [0.15, 0.2) is 54.6 Å². The summed E-state index contributed by atoms with van der Waals surface area (Å²) in [4.78, 5) is 28.2. The number of hydrogen-bond donors (Lipinski definition) is 2. The molecule has 0 bridgehead atoms. The van der Waals surface area contributed by atoms with Gasteiger partial charge in [0.05, 0.1) is 5.69 Å². The van der Waals surface area contributed by atoms with Gasteiger partial charge in [-0.1, -0.05) is 23.7 Å². The lowest BCUT2D eigenvalue weighted by Crippen LogP contribution is -2.35. The Bertz CT molecular complexity index is 1060. The quantitative estimate of drug-likeness (QED) is 0.645. The minimum Gasteiger partial charge on any atom is -0.353 e. The number of aromatic nitrogens is 2. The Balaban J connectivity index is 1.40. The highest BCUT2D eigenvalue weighted by molar-refractivity contribution is 6.30. The molecule has 160 valence electrons. The number of carbonyl (C=O) groups is 2. The van der Waals surface area contributed by atoms with Gasteiger partial charge in [-0.25, -0.2) is 0 Å². The Hall–Kier alpha value is -3.32. The van der Waals surface area contributed by atoms with Gasteiger partial charge in [-0.05, 0) is 48.4 Å². The molecular weight excluding hydrogens is 414 g/mol. The van der Waals surface area contributed by atoms with Crippen LogP contribution in [-0.2, 0) is 4.79 Å². The highest BCUT2D eigenvalue weighted by Gasteiger charge is 2.22. The Morgan fingerprint density at radius 2 is 1.74 bits per heavy atom. The Morgan fingerprint density at radius 1 is 1.00 bits per heavy atom. The average molecular weight is 438 g/mol. The first-order chi connectivity index (χ1) is 15.0. The van der Waals surface area contributed by atoms with E-state index in [1.54, 1.807) is 24.3 Å². The van der Waals surface area contributed by atoms with Gasteiger partial charge < -0.3 is 15.1 Å². The van der Waals surface area contributed by atoms with Gasteiger partial charge in [0.1, 0.15) is 0 Å². The number of hydrogen-bond acceptors (Lipinski definition) is 4. The van der Waals surface area contributed by atoms with Crippen LogP contribution in [0, 0.1) is 0 Å². The maximum absolute atomic E-state index is 12.9. The first-order valence-corrected chi connectivity index (χ1v) is 10.6. The molecule has 0 spiro atoms. The zero-order valence-corrected chi connectivity index (χ0v) is 18.0. The van der Waals surface area contributed by atoms with Crippen molar-refractivity contribution in [1.82, 2.24) is 15.1 Å². The van der Waals surface area contributed by atoms with Crippen molar-refractivity contribution in [3.05, 3.63) is 65.2 Å². The second-order valence-corrected chi connectivity index (χ2v) is 7.97. The summed E-state index contributed by atoms with van der Waals surface area (Å²) in [6.07, 6.45) is 0.860. The predicted octanol–water partition coefficient (Wildman–Crippen LogP) is 4.04. The van der Waals surface area contributed by atoms with Crippen molar-refractivity contribution in [3.63, 3.8) is 0 Å². The molecule has 1 saturated heterocycles. The zero-order valence-electron chi connectivity index (χ0n) is 17.3. The van der Waals surface area contributed by atoms with Gasteiger partial charge >= 0.3 is 0 Å². The van der Waals surface area contributed by atoms with Gasteiger partial charge in [-0.3, -0.25) is 14.7 Å². The normalized spacial score (nSPS) is 14.3. The first-order valence-electron chi connectivity index (χ1n) is 10.2. The number of nitrogens with zero attached hydrogens (tertiary/aromatic N) is 3. The van der Waals surface area contributed by atoms with E-state index in [1.165, 1.54) is 6.92 Å². The molecular formula is C23H24ClN5O2. The number of aromatic amines is 1. The maximum atomic E-state index is 12.9. The van der Waals surface area contributed by atoms with Crippen molar-refractivity contribution in [3.8, 4) is 11.3 Å². The van der Waals surface area contributed by atoms with Crippen LogP contribution in [0.2, 0.25) is 5.02 Å². The molecule has 3 aromatic rings. The molecule has 0 radical (unpaired) electrons. The lowest BCUT2D eigenvalue weighted by atomic mass is 10.1. The third-order valence-corrected chi connectivity index (χ3v) is 5.53. The van der Waals surface area contributed by atoms with E-state index in [9.17, 15) is 9.59 Å². The summed E-state index contributed by atoms with van der Waals surface area (Å²) in [5.41, 5.74) is 3.26. The van der Waals surface area contributed by atoms with E-state index < -0.39 is 0 Å². The molecule has 2 heterocycles. The molecule has 4 rings (SSSR count). The molecule has 0 atom stereocenters. The molecule has 2 aromatic carbocycles. The molecule has 7 nitrogen and oxygen atoms in total. The summed E-state index contributed by atoms with van der Waals surface area (Å²) in [7, 11) is 0. The monoisotopic (exact) mass is 437 g/mol. The SMILES string of the molecule is CC(=O)Nc1ccc(C(=O)N2CCCN(c3cc(-c4ccc(Cl)cc4)[nH]n3)CC2)cc1. The second kappa shape index (κ2) is 9.22. The lowest BCUT2D eigenvalue weighted by Gasteiger charge is -2.22. The third kappa shape index (κ3) is 5.06. The molecule has 0 unspecified atom stereocenters. The van der Waals surface area contributed by atoms with E-state index in [0.717, 1.165) is 30.0 Å². The molecule has 2 amide bonds. The standard InChI is InChI=1S/C23H24ClN5O2/c1-16(30)25-20-9-5-18(6-10-20)23(31)29-12-2-11-28(13-14-29)22-15-21(26-27-22)17-3-7-19(24)8-4-17/h3-10,15H,2,11-14H2,1H3,(H,25,30)(H,26,27). The van der Waals surface area contributed by atoms with Gasteiger partial charge in [0, 0.05) is 55.4 Å². The number of H-pyrrole nitrogens is 1. The number of anilines is 2. The smallest absolute Gasteiger partial charge is 0.253 e. The molecule has 31 heavy (non-hydrogen) atoms. The van der Waals surface area contributed by atoms with E-state index in [4.69, 9.17) is 11.6 Å². The van der Waals surface area contributed by atoms with Crippen LogP contribution < -0.4 is 10.2 Å². The Morgan fingerprint density at radius 3 is 2.45 bits per heavy atom. The fourth-order valence-corrected chi connectivity index (χ4v) is 3.81. The topological polar surface area (TPSA) is 81.3 Å². The van der Waals surface area contributed by atoms with E-state index >= 15 is 0 Å². The molecule has 1 aliphatic heterocycles. The highest BCUT2D eigenvalue weighted by Crippen LogP contribution is 2.24. The zero-order chi connectivity index (χ0) is 21.8. The van der Waals surface area contributed by atoms with Crippen LogP contribution in [0.1, 0.15) is 23.7 Å². The number of rotatable bonds is 4. The molecule has 1 fully saturated rings. The first kappa shape index (κ1) is 20.9. The predicted molar refractivity (Wildman–Crippen MR) is 123 cm³/mol. The summed E-state index contributed by atoms with van der Waals surface area (Å²) in [5, 5.41) is 11.0. The van der Waals surface area contributed by atoms with Crippen molar-refractivity contribution >= 4 is 34.9 Å². The molecule has 2 N–H and O–H groups in total. The van der Waals surface area contributed by atoms with Gasteiger partial charge in [0.2, 0.25) is 5.91 Å². The molecule has 1 aromatic heterocycles. The molecule has 0 aliphatic carbocycles. The van der Waals surface area contributed by atoms with Crippen molar-refractivity contribution in [2.24, 2.45) is 0 Å². The minimum absolute atomic E-state index is 0.0000982. The van der Waals surface area contributed by atoms with E-state index in [2.05, 4.69) is 20.4 Å². The summed E-state index contributed by atoms with van der Waals surface area (Å²) >= 11 is 5.97. The van der Waals surface area contributed by atoms with Crippen molar-refractivity contribution < 1.29 is 9.59 Å².